The van der Waals surface area contributed by atoms with Crippen LogP contribution in [0.3, 0.4) is 0 Å². The van der Waals surface area contributed by atoms with Crippen LogP contribution in [0.2, 0.25) is 0 Å². The highest BCUT2D eigenvalue weighted by Gasteiger charge is 2.24. The van der Waals surface area contributed by atoms with Crippen LogP contribution in [0, 0.1) is 5.92 Å². The molecule has 21 heavy (non-hydrogen) atoms. The number of piperidine rings is 1. The summed E-state index contributed by atoms with van der Waals surface area (Å²) < 4.78 is 6.51. The molecule has 116 valence electrons. The summed E-state index contributed by atoms with van der Waals surface area (Å²) in [4.78, 5) is 14.3. The third-order valence-corrected chi connectivity index (χ3v) is 4.21. The number of nitrogens with zero attached hydrogens (tertiary/aromatic N) is 1. The van der Waals surface area contributed by atoms with Crippen LogP contribution in [0.25, 0.3) is 0 Å². The molecule has 3 nitrogen and oxygen atoms in total. The summed E-state index contributed by atoms with van der Waals surface area (Å²) in [5.74, 6) is 0.385. The molecule has 2 rings (SSSR count). The topological polar surface area (TPSA) is 29.5 Å². The van der Waals surface area contributed by atoms with Gasteiger partial charge < -0.3 is 9.64 Å². The number of benzene rings is 1. The molecule has 0 amide bonds. The molecule has 0 atom stereocenters. The molecule has 1 heterocycles. The van der Waals surface area contributed by atoms with Gasteiger partial charge in [0.15, 0.2) is 0 Å². The van der Waals surface area contributed by atoms with Crippen molar-refractivity contribution in [1.29, 1.82) is 0 Å². The maximum atomic E-state index is 11.9. The fourth-order valence-corrected chi connectivity index (χ4v) is 2.93. The minimum absolute atomic E-state index is 0.0652. The van der Waals surface area contributed by atoms with Crippen LogP contribution in [-0.4, -0.2) is 24.7 Å². The minimum atomic E-state index is -0.380. The van der Waals surface area contributed by atoms with Crippen LogP contribution >= 0.6 is 15.9 Å². The van der Waals surface area contributed by atoms with Crippen molar-refractivity contribution in [2.24, 2.45) is 5.92 Å². The van der Waals surface area contributed by atoms with Gasteiger partial charge in [0.1, 0.15) is 5.60 Å². The molecule has 0 bridgehead atoms. The average Bonchev–Trinajstić information content (AvgIpc) is 2.38. The standard InChI is InChI=1S/C17H24BrNO2/c1-17(2,3)21-16(20)12-13-8-10-19(11-9-13)15-6-4-14(18)5-7-15/h4-7,13H,8-12H2,1-3H3. The van der Waals surface area contributed by atoms with Gasteiger partial charge >= 0.3 is 5.97 Å². The van der Waals surface area contributed by atoms with Crippen molar-refractivity contribution in [3.05, 3.63) is 28.7 Å². The maximum absolute atomic E-state index is 11.9. The first-order chi connectivity index (χ1) is 9.83. The van der Waals surface area contributed by atoms with Gasteiger partial charge in [-0.25, -0.2) is 0 Å². The number of ether oxygens (including phenoxy) is 1. The largest absolute Gasteiger partial charge is 0.460 e. The second-order valence-electron chi connectivity index (χ2n) is 6.70. The van der Waals surface area contributed by atoms with Crippen LogP contribution in [0.5, 0.6) is 0 Å². The third-order valence-electron chi connectivity index (χ3n) is 3.68. The van der Waals surface area contributed by atoms with E-state index in [1.165, 1.54) is 5.69 Å². The highest BCUT2D eigenvalue weighted by atomic mass is 79.9. The van der Waals surface area contributed by atoms with Crippen LogP contribution < -0.4 is 4.90 Å². The number of rotatable bonds is 3. The van der Waals surface area contributed by atoms with Crippen molar-refractivity contribution < 1.29 is 9.53 Å². The molecule has 1 aliphatic rings. The number of hydrogen-bond acceptors (Lipinski definition) is 3. The summed E-state index contributed by atoms with van der Waals surface area (Å²) in [5, 5.41) is 0. The van der Waals surface area contributed by atoms with E-state index in [1.54, 1.807) is 0 Å². The van der Waals surface area contributed by atoms with E-state index in [-0.39, 0.29) is 11.6 Å². The van der Waals surface area contributed by atoms with Crippen LogP contribution in [0.4, 0.5) is 5.69 Å². The highest BCUT2D eigenvalue weighted by Crippen LogP contribution is 2.27. The second kappa shape index (κ2) is 6.82. The van der Waals surface area contributed by atoms with E-state index in [9.17, 15) is 4.79 Å². The van der Waals surface area contributed by atoms with E-state index in [1.807, 2.05) is 20.8 Å². The monoisotopic (exact) mass is 353 g/mol. The SMILES string of the molecule is CC(C)(C)OC(=O)CC1CCN(c2ccc(Br)cc2)CC1. The molecule has 0 radical (unpaired) electrons. The Bertz CT molecular complexity index is 471. The molecule has 4 heteroatoms. The Morgan fingerprint density at radius 1 is 1.24 bits per heavy atom. The zero-order valence-corrected chi connectivity index (χ0v) is 14.6. The molecule has 1 saturated heterocycles. The highest BCUT2D eigenvalue weighted by molar-refractivity contribution is 9.10. The summed E-state index contributed by atoms with van der Waals surface area (Å²) in [5.41, 5.74) is 0.879. The lowest BCUT2D eigenvalue weighted by atomic mass is 9.93. The first kappa shape index (κ1) is 16.3. The predicted molar refractivity (Wildman–Crippen MR) is 89.5 cm³/mol. The van der Waals surface area contributed by atoms with E-state index in [0.29, 0.717) is 12.3 Å². The fraction of sp³-hybridized carbons (Fsp3) is 0.588. The first-order valence-electron chi connectivity index (χ1n) is 7.56. The Balaban J connectivity index is 1.80. The van der Waals surface area contributed by atoms with Gasteiger partial charge in [-0.1, -0.05) is 15.9 Å². The van der Waals surface area contributed by atoms with Gasteiger partial charge in [-0.15, -0.1) is 0 Å². The van der Waals surface area contributed by atoms with E-state index < -0.39 is 0 Å². The molecule has 0 aliphatic carbocycles. The molecule has 1 fully saturated rings. The van der Waals surface area contributed by atoms with Gasteiger partial charge in [0, 0.05) is 29.7 Å². The molecule has 1 aromatic carbocycles. The van der Waals surface area contributed by atoms with Crippen molar-refractivity contribution in [2.45, 2.75) is 45.6 Å². The molecule has 0 unspecified atom stereocenters. The quantitative estimate of drug-likeness (QED) is 0.754. The van der Waals surface area contributed by atoms with Gasteiger partial charge in [-0.05, 0) is 63.8 Å². The fourth-order valence-electron chi connectivity index (χ4n) is 2.67. The normalized spacial score (nSPS) is 16.9. The average molecular weight is 354 g/mol. The zero-order valence-electron chi connectivity index (χ0n) is 13.1. The summed E-state index contributed by atoms with van der Waals surface area (Å²) in [6.45, 7) is 7.77. The number of halogens is 1. The number of esters is 1. The first-order valence-corrected chi connectivity index (χ1v) is 8.35. The van der Waals surface area contributed by atoms with Crippen LogP contribution in [-0.2, 0) is 9.53 Å². The van der Waals surface area contributed by atoms with Crippen molar-refractivity contribution in [2.75, 3.05) is 18.0 Å². The lowest BCUT2D eigenvalue weighted by Crippen LogP contribution is -2.35. The minimum Gasteiger partial charge on any atom is -0.460 e. The lowest BCUT2D eigenvalue weighted by molar-refractivity contribution is -0.156. The van der Waals surface area contributed by atoms with Gasteiger partial charge in [-0.3, -0.25) is 4.79 Å². The van der Waals surface area contributed by atoms with Gasteiger partial charge in [-0.2, -0.15) is 0 Å². The molecule has 1 aromatic rings. The predicted octanol–water partition coefficient (Wildman–Crippen LogP) is 4.40. The zero-order chi connectivity index (χ0) is 15.5. The Morgan fingerprint density at radius 3 is 2.33 bits per heavy atom. The van der Waals surface area contributed by atoms with Crippen molar-refractivity contribution >= 4 is 27.6 Å². The van der Waals surface area contributed by atoms with E-state index in [0.717, 1.165) is 30.4 Å². The van der Waals surface area contributed by atoms with E-state index >= 15 is 0 Å². The summed E-state index contributed by atoms with van der Waals surface area (Å²) in [6, 6.07) is 8.42. The number of carbonyl (C=O) groups is 1. The molecule has 0 N–H and O–H groups in total. The van der Waals surface area contributed by atoms with Crippen molar-refractivity contribution in [1.82, 2.24) is 0 Å². The van der Waals surface area contributed by atoms with Crippen molar-refractivity contribution in [3.63, 3.8) is 0 Å². The van der Waals surface area contributed by atoms with Crippen LogP contribution in [0.15, 0.2) is 28.7 Å². The number of carbonyl (C=O) groups excluding carboxylic acids is 1. The summed E-state index contributed by atoms with van der Waals surface area (Å²) >= 11 is 3.46. The summed E-state index contributed by atoms with van der Waals surface area (Å²) in [6.07, 6.45) is 2.65. The molecule has 0 aromatic heterocycles. The maximum Gasteiger partial charge on any atom is 0.306 e. The van der Waals surface area contributed by atoms with E-state index in [4.69, 9.17) is 4.74 Å². The Morgan fingerprint density at radius 2 is 1.81 bits per heavy atom. The summed E-state index contributed by atoms with van der Waals surface area (Å²) in [7, 11) is 0. The molecular weight excluding hydrogens is 330 g/mol. The number of hydrogen-bond donors (Lipinski definition) is 0. The molecule has 0 saturated carbocycles. The smallest absolute Gasteiger partial charge is 0.306 e. The van der Waals surface area contributed by atoms with Crippen molar-refractivity contribution in [3.8, 4) is 0 Å². The second-order valence-corrected chi connectivity index (χ2v) is 7.61. The number of anilines is 1. The third kappa shape index (κ3) is 5.34. The van der Waals surface area contributed by atoms with Gasteiger partial charge in [0.2, 0.25) is 0 Å². The van der Waals surface area contributed by atoms with Crippen LogP contribution in [0.1, 0.15) is 40.0 Å². The molecule has 1 aliphatic heterocycles. The molecule has 0 spiro atoms. The van der Waals surface area contributed by atoms with E-state index in [2.05, 4.69) is 45.1 Å². The Kier molecular flexibility index (Phi) is 5.31. The van der Waals surface area contributed by atoms with Gasteiger partial charge in [0.25, 0.3) is 0 Å². The Hall–Kier alpha value is -1.03. The lowest BCUT2D eigenvalue weighted by Gasteiger charge is -2.33. The molecular formula is C17H24BrNO2. The Labute approximate surface area is 135 Å². The van der Waals surface area contributed by atoms with Gasteiger partial charge in [0.05, 0.1) is 0 Å².